The summed E-state index contributed by atoms with van der Waals surface area (Å²) in [4.78, 5) is 21.8. The molecule has 16 heavy (non-hydrogen) atoms. The smallest absolute Gasteiger partial charge is 0.258 e. The van der Waals surface area contributed by atoms with Gasteiger partial charge in [-0.15, -0.1) is 0 Å². The lowest BCUT2D eigenvalue weighted by Gasteiger charge is -2.15. The molecule has 0 heterocycles. The summed E-state index contributed by atoms with van der Waals surface area (Å²) >= 11 is 0. The van der Waals surface area contributed by atoms with E-state index in [0.717, 1.165) is 5.56 Å². The number of hydrogen-bond donors (Lipinski definition) is 1. The van der Waals surface area contributed by atoms with Crippen LogP contribution in [0.3, 0.4) is 0 Å². The average Bonchev–Trinajstić information content (AvgIpc) is 2.26. The molecule has 1 rings (SSSR count). The van der Waals surface area contributed by atoms with Crippen LogP contribution in [0.25, 0.3) is 0 Å². The topological polar surface area (TPSA) is 69.4 Å². The fourth-order valence-corrected chi connectivity index (χ4v) is 1.36. The highest BCUT2D eigenvalue weighted by molar-refractivity contribution is 5.82. The lowest BCUT2D eigenvalue weighted by molar-refractivity contribution is -0.124. The molecule has 0 spiro atoms. The Hall–Kier alpha value is -1.84. The average molecular weight is 221 g/mol. The summed E-state index contributed by atoms with van der Waals surface area (Å²) in [5, 5.41) is 0. The van der Waals surface area contributed by atoms with E-state index in [1.165, 1.54) is 0 Å². The molecule has 1 amide bonds. The maximum atomic E-state index is 11.0. The Labute approximate surface area is 94.4 Å². The molecule has 0 aliphatic rings. The van der Waals surface area contributed by atoms with Crippen molar-refractivity contribution < 1.29 is 14.3 Å². The number of rotatable bonds is 5. The number of ether oxygens (including phenoxy) is 1. The van der Waals surface area contributed by atoms with E-state index in [4.69, 9.17) is 10.5 Å². The molecule has 0 aliphatic carbocycles. The maximum Gasteiger partial charge on any atom is 0.258 e. The quantitative estimate of drug-likeness (QED) is 0.765. The Bertz CT molecular complexity index is 401. The summed E-state index contributed by atoms with van der Waals surface area (Å²) in [6.45, 7) is 3.67. The predicted octanol–water partition coefficient (Wildman–Crippen LogP) is 1.45. The van der Waals surface area contributed by atoms with Crippen molar-refractivity contribution in [3.8, 4) is 5.75 Å². The maximum absolute atomic E-state index is 11.0. The first kappa shape index (κ1) is 12.2. The van der Waals surface area contributed by atoms with E-state index in [9.17, 15) is 9.59 Å². The highest BCUT2D eigenvalue weighted by Gasteiger charge is 2.16. The van der Waals surface area contributed by atoms with Crippen molar-refractivity contribution >= 4 is 12.2 Å². The largest absolute Gasteiger partial charge is 0.480 e. The normalized spacial score (nSPS) is 11.9. The minimum Gasteiger partial charge on any atom is -0.480 e. The molecule has 0 aliphatic heterocycles. The van der Waals surface area contributed by atoms with Crippen molar-refractivity contribution in [1.29, 1.82) is 0 Å². The second kappa shape index (κ2) is 5.30. The third kappa shape index (κ3) is 2.82. The van der Waals surface area contributed by atoms with Gasteiger partial charge >= 0.3 is 0 Å². The van der Waals surface area contributed by atoms with Gasteiger partial charge in [-0.2, -0.15) is 0 Å². The molecular formula is C12H15NO3. The Morgan fingerprint density at radius 3 is 2.75 bits per heavy atom. The fourth-order valence-electron chi connectivity index (χ4n) is 1.36. The number of carbonyl (C=O) groups excluding carboxylic acids is 2. The Kier molecular flexibility index (Phi) is 4.05. The van der Waals surface area contributed by atoms with E-state index in [2.05, 4.69) is 0 Å². The number of hydrogen-bond acceptors (Lipinski definition) is 3. The van der Waals surface area contributed by atoms with Gasteiger partial charge in [0.25, 0.3) is 5.91 Å². The van der Waals surface area contributed by atoms with Crippen LogP contribution in [0.15, 0.2) is 18.2 Å². The first-order chi connectivity index (χ1) is 7.58. The molecule has 1 aromatic rings. The van der Waals surface area contributed by atoms with E-state index in [1.807, 2.05) is 13.0 Å². The van der Waals surface area contributed by atoms with Crippen LogP contribution in [0, 0.1) is 6.92 Å². The highest BCUT2D eigenvalue weighted by atomic mass is 16.5. The van der Waals surface area contributed by atoms with Crippen molar-refractivity contribution in [2.45, 2.75) is 26.4 Å². The summed E-state index contributed by atoms with van der Waals surface area (Å²) in [7, 11) is 0. The van der Waals surface area contributed by atoms with Crippen molar-refractivity contribution in [1.82, 2.24) is 0 Å². The Morgan fingerprint density at radius 1 is 1.56 bits per heavy atom. The fraction of sp³-hybridized carbons (Fsp3) is 0.333. The molecule has 0 radical (unpaired) electrons. The highest BCUT2D eigenvalue weighted by Crippen LogP contribution is 2.20. The number of nitrogens with two attached hydrogens (primary N) is 1. The van der Waals surface area contributed by atoms with Crippen molar-refractivity contribution in [3.63, 3.8) is 0 Å². The third-order valence-corrected chi connectivity index (χ3v) is 2.25. The van der Waals surface area contributed by atoms with Crippen LogP contribution in [0.5, 0.6) is 5.75 Å². The van der Waals surface area contributed by atoms with Gasteiger partial charge in [0.2, 0.25) is 0 Å². The van der Waals surface area contributed by atoms with E-state index in [0.29, 0.717) is 24.0 Å². The zero-order valence-electron chi connectivity index (χ0n) is 9.40. The molecule has 86 valence electrons. The van der Waals surface area contributed by atoms with E-state index in [1.54, 1.807) is 19.1 Å². The van der Waals surface area contributed by atoms with Crippen LogP contribution in [0.1, 0.15) is 29.3 Å². The van der Waals surface area contributed by atoms with Crippen molar-refractivity contribution in [3.05, 3.63) is 29.3 Å². The van der Waals surface area contributed by atoms with Crippen LogP contribution in [0.2, 0.25) is 0 Å². The minimum atomic E-state index is -0.693. The summed E-state index contributed by atoms with van der Waals surface area (Å²) in [5.74, 6) is -0.133. The molecule has 4 heteroatoms. The summed E-state index contributed by atoms with van der Waals surface area (Å²) < 4.78 is 5.40. The predicted molar refractivity (Wildman–Crippen MR) is 60.5 cm³/mol. The molecule has 1 atom stereocenters. The number of aldehydes is 1. The summed E-state index contributed by atoms with van der Waals surface area (Å²) in [5.41, 5.74) is 6.55. The SMILES string of the molecule is CCC(Oc1ccc(C)cc1C=O)C(N)=O. The summed E-state index contributed by atoms with van der Waals surface area (Å²) in [6.07, 6.45) is 0.485. The van der Waals surface area contributed by atoms with Gasteiger partial charge in [-0.25, -0.2) is 0 Å². The molecule has 0 aromatic heterocycles. The molecule has 0 fully saturated rings. The molecule has 4 nitrogen and oxygen atoms in total. The third-order valence-electron chi connectivity index (χ3n) is 2.25. The van der Waals surface area contributed by atoms with Crippen LogP contribution >= 0.6 is 0 Å². The number of primary amides is 1. The van der Waals surface area contributed by atoms with Crippen LogP contribution in [-0.2, 0) is 4.79 Å². The molecule has 1 unspecified atom stereocenters. The second-order valence-corrected chi connectivity index (χ2v) is 3.58. The van der Waals surface area contributed by atoms with E-state index in [-0.39, 0.29) is 0 Å². The van der Waals surface area contributed by atoms with E-state index < -0.39 is 12.0 Å². The van der Waals surface area contributed by atoms with Crippen molar-refractivity contribution in [2.75, 3.05) is 0 Å². The Morgan fingerprint density at radius 2 is 2.25 bits per heavy atom. The van der Waals surface area contributed by atoms with Gasteiger partial charge in [-0.3, -0.25) is 9.59 Å². The molecular weight excluding hydrogens is 206 g/mol. The molecule has 1 aromatic carbocycles. The first-order valence-electron chi connectivity index (χ1n) is 5.10. The molecule has 0 saturated heterocycles. The zero-order chi connectivity index (χ0) is 12.1. The zero-order valence-corrected chi connectivity index (χ0v) is 9.40. The number of amides is 1. The van der Waals surface area contributed by atoms with Crippen LogP contribution < -0.4 is 10.5 Å². The minimum absolute atomic E-state index is 0.395. The molecule has 0 saturated carbocycles. The van der Waals surface area contributed by atoms with E-state index >= 15 is 0 Å². The monoisotopic (exact) mass is 221 g/mol. The van der Waals surface area contributed by atoms with Gasteiger partial charge < -0.3 is 10.5 Å². The molecule has 0 bridgehead atoms. The lowest BCUT2D eigenvalue weighted by atomic mass is 10.1. The number of aryl methyl sites for hydroxylation is 1. The summed E-state index contributed by atoms with van der Waals surface area (Å²) in [6, 6.07) is 5.19. The van der Waals surface area contributed by atoms with Gasteiger partial charge in [-0.05, 0) is 25.5 Å². The first-order valence-corrected chi connectivity index (χ1v) is 5.10. The van der Waals surface area contributed by atoms with Gasteiger partial charge in [0.15, 0.2) is 12.4 Å². The second-order valence-electron chi connectivity index (χ2n) is 3.58. The Balaban J connectivity index is 2.95. The van der Waals surface area contributed by atoms with Crippen LogP contribution in [0.4, 0.5) is 0 Å². The number of carbonyl (C=O) groups is 2. The standard InChI is InChI=1S/C12H15NO3/c1-3-10(12(13)15)16-11-5-4-8(2)6-9(11)7-14/h4-7,10H,3H2,1-2H3,(H2,13,15). The van der Waals surface area contributed by atoms with Crippen molar-refractivity contribution in [2.24, 2.45) is 5.73 Å². The van der Waals surface area contributed by atoms with Gasteiger partial charge in [-0.1, -0.05) is 18.6 Å². The molecule has 2 N–H and O–H groups in total. The van der Waals surface area contributed by atoms with Gasteiger partial charge in [0, 0.05) is 0 Å². The van der Waals surface area contributed by atoms with Crippen LogP contribution in [-0.4, -0.2) is 18.3 Å². The lowest BCUT2D eigenvalue weighted by Crippen LogP contribution is -2.33. The number of benzene rings is 1. The van der Waals surface area contributed by atoms with Gasteiger partial charge in [0.05, 0.1) is 5.56 Å². The van der Waals surface area contributed by atoms with Gasteiger partial charge in [0.1, 0.15) is 5.75 Å².